The van der Waals surface area contributed by atoms with Gasteiger partial charge < -0.3 is 5.32 Å². The quantitative estimate of drug-likeness (QED) is 0.761. The molecule has 0 unspecified atom stereocenters. The number of aromatic nitrogens is 6. The van der Waals surface area contributed by atoms with Gasteiger partial charge in [0.15, 0.2) is 5.82 Å². The predicted octanol–water partition coefficient (Wildman–Crippen LogP) is 2.21. The van der Waals surface area contributed by atoms with Crippen molar-refractivity contribution < 1.29 is 0 Å². The third-order valence-electron chi connectivity index (χ3n) is 4.02. The van der Waals surface area contributed by atoms with Crippen molar-refractivity contribution in [1.29, 1.82) is 0 Å². The van der Waals surface area contributed by atoms with Crippen LogP contribution >= 0.6 is 15.9 Å². The maximum Gasteiger partial charge on any atom is 0.155 e. The molecule has 0 atom stereocenters. The molecule has 0 radical (unpaired) electrons. The molecule has 0 bridgehead atoms. The second-order valence-electron chi connectivity index (χ2n) is 5.57. The van der Waals surface area contributed by atoms with Gasteiger partial charge in [-0.15, -0.1) is 5.10 Å². The Morgan fingerprint density at radius 3 is 2.78 bits per heavy atom. The molecule has 0 saturated carbocycles. The first kappa shape index (κ1) is 14.5. The lowest BCUT2D eigenvalue weighted by Gasteiger charge is -2.22. The lowest BCUT2D eigenvalue weighted by atomic mass is 10.1. The van der Waals surface area contributed by atoms with Crippen molar-refractivity contribution in [3.63, 3.8) is 0 Å². The topological polar surface area (TPSA) is 73.5 Å². The molecule has 8 heteroatoms. The van der Waals surface area contributed by atoms with Crippen LogP contribution in [0, 0.1) is 0 Å². The molecule has 118 valence electrons. The minimum Gasteiger partial charge on any atom is -0.317 e. The molecule has 0 spiro atoms. The number of hydrogen-bond acceptors (Lipinski definition) is 5. The molecule has 7 nitrogen and oxygen atoms in total. The summed E-state index contributed by atoms with van der Waals surface area (Å²) in [4.78, 5) is 4.32. The van der Waals surface area contributed by atoms with E-state index >= 15 is 0 Å². The van der Waals surface area contributed by atoms with Crippen molar-refractivity contribution in [2.45, 2.75) is 18.9 Å². The second kappa shape index (κ2) is 6.21. The van der Waals surface area contributed by atoms with Gasteiger partial charge in [-0.1, -0.05) is 5.21 Å². The number of pyridine rings is 1. The summed E-state index contributed by atoms with van der Waals surface area (Å²) in [6.45, 7) is 2.09. The number of nitrogens with one attached hydrogen (secondary N) is 1. The van der Waals surface area contributed by atoms with Gasteiger partial charge >= 0.3 is 0 Å². The average molecular weight is 374 g/mol. The van der Waals surface area contributed by atoms with Crippen LogP contribution in [0.3, 0.4) is 0 Å². The van der Waals surface area contributed by atoms with Gasteiger partial charge in [0.2, 0.25) is 0 Å². The van der Waals surface area contributed by atoms with Crippen molar-refractivity contribution in [2.75, 3.05) is 13.1 Å². The van der Waals surface area contributed by atoms with Crippen molar-refractivity contribution in [3.05, 3.63) is 41.4 Å². The smallest absolute Gasteiger partial charge is 0.155 e. The fraction of sp³-hybridized carbons (Fsp3) is 0.333. The highest BCUT2D eigenvalue weighted by Gasteiger charge is 2.17. The maximum absolute atomic E-state index is 4.50. The largest absolute Gasteiger partial charge is 0.317 e. The highest BCUT2D eigenvalue weighted by atomic mass is 79.9. The van der Waals surface area contributed by atoms with Gasteiger partial charge in [0, 0.05) is 22.4 Å². The normalized spacial score (nSPS) is 15.9. The molecule has 1 saturated heterocycles. The van der Waals surface area contributed by atoms with E-state index in [0.717, 1.165) is 47.5 Å². The van der Waals surface area contributed by atoms with Gasteiger partial charge in [0.1, 0.15) is 5.69 Å². The summed E-state index contributed by atoms with van der Waals surface area (Å²) >= 11 is 3.38. The van der Waals surface area contributed by atoms with Crippen LogP contribution in [-0.4, -0.2) is 42.8 Å². The third-order valence-corrected chi connectivity index (χ3v) is 4.49. The fourth-order valence-electron chi connectivity index (χ4n) is 2.75. The van der Waals surface area contributed by atoms with Gasteiger partial charge in [-0.25, -0.2) is 9.67 Å². The highest BCUT2D eigenvalue weighted by molar-refractivity contribution is 9.10. The average Bonchev–Trinajstić information content (AvgIpc) is 3.26. The van der Waals surface area contributed by atoms with Gasteiger partial charge in [-0.2, -0.15) is 5.10 Å². The number of halogens is 1. The Hall–Kier alpha value is -2.06. The van der Waals surface area contributed by atoms with E-state index in [2.05, 4.69) is 47.8 Å². The number of hydrogen-bond donors (Lipinski definition) is 1. The molecular weight excluding hydrogens is 358 g/mol. The highest BCUT2D eigenvalue weighted by Crippen LogP contribution is 2.22. The summed E-state index contributed by atoms with van der Waals surface area (Å²) < 4.78 is 4.65. The van der Waals surface area contributed by atoms with Crippen molar-refractivity contribution in [3.8, 4) is 17.1 Å². The third kappa shape index (κ3) is 3.04. The summed E-state index contributed by atoms with van der Waals surface area (Å²) in [6.07, 6.45) is 9.74. The summed E-state index contributed by atoms with van der Waals surface area (Å²) in [5.41, 5.74) is 1.78. The predicted molar refractivity (Wildman–Crippen MR) is 89.2 cm³/mol. The van der Waals surface area contributed by atoms with Crippen molar-refractivity contribution >= 4 is 15.9 Å². The van der Waals surface area contributed by atoms with E-state index in [1.165, 1.54) is 0 Å². The lowest BCUT2D eigenvalue weighted by molar-refractivity contribution is 0.343. The summed E-state index contributed by atoms with van der Waals surface area (Å²) in [7, 11) is 0. The van der Waals surface area contributed by atoms with E-state index in [1.807, 2.05) is 29.2 Å². The Balaban J connectivity index is 1.57. The Morgan fingerprint density at radius 1 is 1.13 bits per heavy atom. The van der Waals surface area contributed by atoms with Crippen LogP contribution in [0.1, 0.15) is 18.9 Å². The molecule has 1 aliphatic rings. The number of piperidine rings is 1. The van der Waals surface area contributed by atoms with Crippen LogP contribution < -0.4 is 5.32 Å². The Morgan fingerprint density at radius 2 is 2.00 bits per heavy atom. The van der Waals surface area contributed by atoms with E-state index in [9.17, 15) is 0 Å². The first-order valence-electron chi connectivity index (χ1n) is 7.59. The lowest BCUT2D eigenvalue weighted by Crippen LogP contribution is -2.29. The van der Waals surface area contributed by atoms with E-state index in [0.29, 0.717) is 6.04 Å². The molecule has 3 aromatic heterocycles. The van der Waals surface area contributed by atoms with Crippen molar-refractivity contribution in [1.82, 2.24) is 35.1 Å². The molecule has 4 rings (SSSR count). The van der Waals surface area contributed by atoms with Crippen LogP contribution in [0.5, 0.6) is 0 Å². The fourth-order valence-corrected chi connectivity index (χ4v) is 2.99. The van der Waals surface area contributed by atoms with Gasteiger partial charge in [0.05, 0.1) is 18.4 Å². The zero-order valence-electron chi connectivity index (χ0n) is 12.4. The van der Waals surface area contributed by atoms with Crippen LogP contribution in [0.2, 0.25) is 0 Å². The minimum atomic E-state index is 0.466. The van der Waals surface area contributed by atoms with Crippen molar-refractivity contribution in [2.24, 2.45) is 0 Å². The number of rotatable bonds is 3. The monoisotopic (exact) mass is 373 g/mol. The molecule has 23 heavy (non-hydrogen) atoms. The number of nitrogens with zero attached hydrogens (tertiary/aromatic N) is 6. The molecule has 1 N–H and O–H groups in total. The Labute approximate surface area is 141 Å². The Kier molecular flexibility index (Phi) is 3.92. The second-order valence-corrected chi connectivity index (χ2v) is 6.49. The molecular formula is C15H16BrN7. The Bertz CT molecular complexity index is 786. The summed E-state index contributed by atoms with van der Waals surface area (Å²) in [5.74, 6) is 0.734. The van der Waals surface area contributed by atoms with E-state index < -0.39 is 0 Å². The van der Waals surface area contributed by atoms with Crippen LogP contribution in [-0.2, 0) is 0 Å². The zero-order chi connectivity index (χ0) is 15.6. The van der Waals surface area contributed by atoms with Crippen LogP contribution in [0.25, 0.3) is 17.1 Å². The maximum atomic E-state index is 4.50. The molecule has 0 amide bonds. The first-order valence-corrected chi connectivity index (χ1v) is 8.38. The van der Waals surface area contributed by atoms with E-state index in [4.69, 9.17) is 0 Å². The standard InChI is InChI=1S/C15H16BrN7/c16-12-1-2-15(18-8-12)23-10-14(20-21-23)11-7-19-22(9-11)13-3-5-17-6-4-13/h1-2,7-10,13,17H,3-6H2. The molecule has 1 fully saturated rings. The summed E-state index contributed by atoms with van der Waals surface area (Å²) in [5, 5.41) is 16.3. The minimum absolute atomic E-state index is 0.466. The van der Waals surface area contributed by atoms with Crippen LogP contribution in [0.4, 0.5) is 0 Å². The first-order chi connectivity index (χ1) is 11.3. The zero-order valence-corrected chi connectivity index (χ0v) is 14.0. The molecule has 0 aromatic carbocycles. The van der Waals surface area contributed by atoms with Crippen LogP contribution in [0.15, 0.2) is 41.4 Å². The summed E-state index contributed by atoms with van der Waals surface area (Å²) in [6, 6.07) is 4.29. The van der Waals surface area contributed by atoms with Gasteiger partial charge in [-0.05, 0) is 54.0 Å². The molecule has 0 aliphatic carbocycles. The SMILES string of the molecule is Brc1ccc(-n2cc(-c3cnn(C4CCNCC4)c3)nn2)nc1. The van der Waals surface area contributed by atoms with E-state index in [1.54, 1.807) is 10.9 Å². The van der Waals surface area contributed by atoms with E-state index in [-0.39, 0.29) is 0 Å². The molecule has 3 aromatic rings. The molecule has 4 heterocycles. The van der Waals surface area contributed by atoms with Gasteiger partial charge in [0.25, 0.3) is 0 Å². The molecule has 1 aliphatic heterocycles. The van der Waals surface area contributed by atoms with Gasteiger partial charge in [-0.3, -0.25) is 4.68 Å².